The molecule has 1 saturated carbocycles. The molecular weight excluding hydrogens is 316 g/mol. The third-order valence-corrected chi connectivity index (χ3v) is 4.49. The minimum atomic E-state index is -0.201. The number of hydrogen-bond acceptors (Lipinski definition) is 3. The Morgan fingerprint density at radius 2 is 1.96 bits per heavy atom. The van der Waals surface area contributed by atoms with Gasteiger partial charge in [0.05, 0.1) is 11.6 Å². The first kappa shape index (κ1) is 18.8. The Kier molecular flexibility index (Phi) is 7.27. The van der Waals surface area contributed by atoms with Crippen LogP contribution < -0.4 is 10.6 Å². The molecule has 1 aliphatic rings. The van der Waals surface area contributed by atoms with Crippen LogP contribution in [0.15, 0.2) is 24.3 Å². The molecule has 134 valence electrons. The average molecular weight is 342 g/mol. The molecule has 0 unspecified atom stereocenters. The van der Waals surface area contributed by atoms with Crippen LogP contribution in [0.3, 0.4) is 0 Å². The zero-order valence-electron chi connectivity index (χ0n) is 14.8. The summed E-state index contributed by atoms with van der Waals surface area (Å²) in [4.78, 5) is 25.4. The van der Waals surface area contributed by atoms with Gasteiger partial charge in [-0.25, -0.2) is 4.79 Å². The Morgan fingerprint density at radius 1 is 1.24 bits per heavy atom. The van der Waals surface area contributed by atoms with Crippen molar-refractivity contribution in [1.29, 1.82) is 5.26 Å². The fraction of sp³-hybridized carbons (Fsp3) is 0.526. The van der Waals surface area contributed by atoms with E-state index >= 15 is 0 Å². The topological polar surface area (TPSA) is 85.2 Å². The van der Waals surface area contributed by atoms with Crippen molar-refractivity contribution < 1.29 is 9.59 Å². The Labute approximate surface area is 149 Å². The molecule has 2 N–H and O–H groups in total. The summed E-state index contributed by atoms with van der Waals surface area (Å²) in [5.74, 6) is 0.604. The number of nitrogens with zero attached hydrogens (tertiary/aromatic N) is 2. The van der Waals surface area contributed by atoms with Crippen LogP contribution in [0.1, 0.15) is 43.2 Å². The van der Waals surface area contributed by atoms with E-state index in [0.29, 0.717) is 37.5 Å². The number of carbonyl (C=O) groups is 2. The van der Waals surface area contributed by atoms with Crippen LogP contribution in [-0.2, 0) is 11.3 Å². The summed E-state index contributed by atoms with van der Waals surface area (Å²) in [6, 6.07) is 9.08. The number of urea groups is 1. The molecule has 1 aromatic rings. The van der Waals surface area contributed by atoms with Crippen molar-refractivity contribution in [2.24, 2.45) is 5.92 Å². The van der Waals surface area contributed by atoms with Crippen molar-refractivity contribution >= 4 is 11.9 Å². The summed E-state index contributed by atoms with van der Waals surface area (Å²) >= 11 is 0. The first-order chi connectivity index (χ1) is 12.1. The summed E-state index contributed by atoms with van der Waals surface area (Å²) in [5, 5.41) is 14.6. The molecular formula is C19H26N4O2. The largest absolute Gasteiger partial charge is 0.354 e. The molecule has 0 bridgehead atoms. The normalized spacial score (nSPS) is 13.9. The maximum atomic E-state index is 12.1. The van der Waals surface area contributed by atoms with Gasteiger partial charge in [-0.3, -0.25) is 4.79 Å². The SMILES string of the molecule is CN(Cc1cccc(C#N)c1)C(=O)NCCNC(=O)CC1CCCC1. The van der Waals surface area contributed by atoms with E-state index in [1.165, 1.54) is 12.8 Å². The highest BCUT2D eigenvalue weighted by Crippen LogP contribution is 2.27. The van der Waals surface area contributed by atoms with E-state index in [2.05, 4.69) is 16.7 Å². The Balaban J connectivity index is 1.63. The molecule has 6 heteroatoms. The number of rotatable bonds is 7. The maximum absolute atomic E-state index is 12.1. The fourth-order valence-electron chi connectivity index (χ4n) is 3.14. The van der Waals surface area contributed by atoms with Gasteiger partial charge in [0.15, 0.2) is 0 Å². The number of carbonyl (C=O) groups excluding carboxylic acids is 2. The number of amides is 3. The van der Waals surface area contributed by atoms with Crippen molar-refractivity contribution in [3.8, 4) is 6.07 Å². The van der Waals surface area contributed by atoms with E-state index in [9.17, 15) is 9.59 Å². The summed E-state index contributed by atoms with van der Waals surface area (Å²) < 4.78 is 0. The van der Waals surface area contributed by atoms with Gasteiger partial charge in [-0.05, 0) is 36.5 Å². The predicted molar refractivity (Wildman–Crippen MR) is 95.6 cm³/mol. The van der Waals surface area contributed by atoms with Gasteiger partial charge >= 0.3 is 6.03 Å². The van der Waals surface area contributed by atoms with E-state index in [-0.39, 0.29) is 11.9 Å². The van der Waals surface area contributed by atoms with Gasteiger partial charge in [0, 0.05) is 33.1 Å². The van der Waals surface area contributed by atoms with E-state index in [1.807, 2.05) is 6.07 Å². The summed E-state index contributed by atoms with van der Waals surface area (Å²) in [5.41, 5.74) is 1.48. The van der Waals surface area contributed by atoms with Gasteiger partial charge in [0.2, 0.25) is 5.91 Å². The zero-order valence-corrected chi connectivity index (χ0v) is 14.8. The van der Waals surface area contributed by atoms with E-state index < -0.39 is 0 Å². The van der Waals surface area contributed by atoms with Crippen molar-refractivity contribution in [1.82, 2.24) is 15.5 Å². The third-order valence-electron chi connectivity index (χ3n) is 4.49. The van der Waals surface area contributed by atoms with E-state index in [4.69, 9.17) is 5.26 Å². The molecule has 6 nitrogen and oxygen atoms in total. The molecule has 2 rings (SSSR count). The van der Waals surface area contributed by atoms with Gasteiger partial charge in [-0.2, -0.15) is 5.26 Å². The molecule has 0 aromatic heterocycles. The second-order valence-electron chi connectivity index (χ2n) is 6.60. The highest BCUT2D eigenvalue weighted by molar-refractivity contribution is 5.76. The molecule has 0 radical (unpaired) electrons. The lowest BCUT2D eigenvalue weighted by Crippen LogP contribution is -2.41. The number of nitrogens with one attached hydrogen (secondary N) is 2. The first-order valence-corrected chi connectivity index (χ1v) is 8.83. The van der Waals surface area contributed by atoms with E-state index in [0.717, 1.165) is 18.4 Å². The predicted octanol–water partition coefficient (Wildman–Crippen LogP) is 2.40. The molecule has 0 aliphatic heterocycles. The molecule has 1 fully saturated rings. The van der Waals surface area contributed by atoms with Gasteiger partial charge in [0.1, 0.15) is 0 Å². The molecule has 1 aliphatic carbocycles. The van der Waals surface area contributed by atoms with Crippen LogP contribution in [0.5, 0.6) is 0 Å². The molecule has 3 amide bonds. The quantitative estimate of drug-likeness (QED) is 0.746. The smallest absolute Gasteiger partial charge is 0.317 e. The van der Waals surface area contributed by atoms with Crippen molar-refractivity contribution in [2.45, 2.75) is 38.6 Å². The molecule has 1 aromatic carbocycles. The highest BCUT2D eigenvalue weighted by atomic mass is 16.2. The van der Waals surface area contributed by atoms with Gasteiger partial charge in [0.25, 0.3) is 0 Å². The lowest BCUT2D eigenvalue weighted by Gasteiger charge is -2.18. The Hall–Kier alpha value is -2.55. The summed E-state index contributed by atoms with van der Waals surface area (Å²) in [6.45, 7) is 1.27. The van der Waals surface area contributed by atoms with Crippen LogP contribution >= 0.6 is 0 Å². The Bertz CT molecular complexity index is 633. The lowest BCUT2D eigenvalue weighted by molar-refractivity contribution is -0.121. The van der Waals surface area contributed by atoms with Crippen LogP contribution in [0.25, 0.3) is 0 Å². The average Bonchev–Trinajstić information content (AvgIpc) is 3.11. The first-order valence-electron chi connectivity index (χ1n) is 8.83. The molecule has 0 atom stereocenters. The monoisotopic (exact) mass is 342 g/mol. The second kappa shape index (κ2) is 9.67. The molecule has 0 heterocycles. The minimum Gasteiger partial charge on any atom is -0.354 e. The molecule has 25 heavy (non-hydrogen) atoms. The second-order valence-corrected chi connectivity index (χ2v) is 6.60. The minimum absolute atomic E-state index is 0.0721. The van der Waals surface area contributed by atoms with Gasteiger partial charge < -0.3 is 15.5 Å². The zero-order chi connectivity index (χ0) is 18.1. The summed E-state index contributed by atoms with van der Waals surface area (Å²) in [6.07, 6.45) is 5.38. The Morgan fingerprint density at radius 3 is 2.68 bits per heavy atom. The van der Waals surface area contributed by atoms with Crippen LogP contribution in [0, 0.1) is 17.2 Å². The highest BCUT2D eigenvalue weighted by Gasteiger charge is 2.18. The number of hydrogen-bond donors (Lipinski definition) is 2. The van der Waals surface area contributed by atoms with Crippen LogP contribution in [0.4, 0.5) is 4.79 Å². The standard InChI is InChI=1S/C19H26N4O2/c1-23(14-17-8-4-7-16(11-17)13-20)19(25)22-10-9-21-18(24)12-15-5-2-3-6-15/h4,7-8,11,15H,2-3,5-6,9-10,12,14H2,1H3,(H,21,24)(H,22,25). The maximum Gasteiger partial charge on any atom is 0.317 e. The molecule has 0 saturated heterocycles. The van der Waals surface area contributed by atoms with Crippen LogP contribution in [0.2, 0.25) is 0 Å². The number of nitriles is 1. The van der Waals surface area contributed by atoms with Crippen LogP contribution in [-0.4, -0.2) is 37.0 Å². The van der Waals surface area contributed by atoms with Gasteiger partial charge in [-0.1, -0.05) is 25.0 Å². The fourth-order valence-corrected chi connectivity index (χ4v) is 3.14. The third kappa shape index (κ3) is 6.46. The van der Waals surface area contributed by atoms with Crippen molar-refractivity contribution in [3.63, 3.8) is 0 Å². The van der Waals surface area contributed by atoms with Gasteiger partial charge in [-0.15, -0.1) is 0 Å². The van der Waals surface area contributed by atoms with Crippen molar-refractivity contribution in [3.05, 3.63) is 35.4 Å². The summed E-state index contributed by atoms with van der Waals surface area (Å²) in [7, 11) is 1.70. The van der Waals surface area contributed by atoms with Crippen molar-refractivity contribution in [2.75, 3.05) is 20.1 Å². The molecule has 0 spiro atoms. The lowest BCUT2D eigenvalue weighted by atomic mass is 10.0. The van der Waals surface area contributed by atoms with E-state index in [1.54, 1.807) is 30.1 Å². The number of benzene rings is 1.